The molecule has 0 aromatic carbocycles. The minimum Gasteiger partial charge on any atom is -0.311 e. The van der Waals surface area contributed by atoms with E-state index in [0.717, 1.165) is 5.92 Å². The van der Waals surface area contributed by atoms with Crippen molar-refractivity contribution < 1.29 is 0 Å². The minimum atomic E-state index is 0.405. The Morgan fingerprint density at radius 1 is 1.26 bits per heavy atom. The van der Waals surface area contributed by atoms with Crippen LogP contribution in [0.2, 0.25) is 0 Å². The predicted molar refractivity (Wildman–Crippen MR) is 89.1 cm³/mol. The summed E-state index contributed by atoms with van der Waals surface area (Å²) in [4.78, 5) is 2.79. The second-order valence-electron chi connectivity index (χ2n) is 6.28. The molecule has 0 amide bonds. The van der Waals surface area contributed by atoms with Gasteiger partial charge in [-0.15, -0.1) is 0 Å². The first-order valence-corrected chi connectivity index (χ1v) is 9.29. The molecular weight excluding hydrogens is 252 g/mol. The maximum atomic E-state index is 3.82. The monoisotopic (exact) mass is 286 g/mol. The summed E-state index contributed by atoms with van der Waals surface area (Å²) in [5, 5.41) is 3.82. The van der Waals surface area contributed by atoms with Crippen LogP contribution < -0.4 is 5.32 Å². The SMILES string of the molecule is CCSCCN1CC(CC(C)C)NCC1(CC)CC. The van der Waals surface area contributed by atoms with Crippen LogP contribution >= 0.6 is 11.8 Å². The number of hydrogen-bond donors (Lipinski definition) is 1. The van der Waals surface area contributed by atoms with Crippen molar-refractivity contribution in [3.8, 4) is 0 Å². The second-order valence-corrected chi connectivity index (χ2v) is 7.68. The molecule has 3 heteroatoms. The molecule has 0 saturated carbocycles. The van der Waals surface area contributed by atoms with Crippen molar-refractivity contribution in [1.82, 2.24) is 10.2 Å². The van der Waals surface area contributed by atoms with Gasteiger partial charge in [0.15, 0.2) is 0 Å². The first-order valence-electron chi connectivity index (χ1n) is 8.14. The highest BCUT2D eigenvalue weighted by atomic mass is 32.2. The largest absolute Gasteiger partial charge is 0.311 e. The van der Waals surface area contributed by atoms with Gasteiger partial charge in [-0.3, -0.25) is 4.90 Å². The van der Waals surface area contributed by atoms with E-state index in [1.54, 1.807) is 0 Å². The zero-order chi connectivity index (χ0) is 14.3. The van der Waals surface area contributed by atoms with E-state index in [1.165, 1.54) is 50.4 Å². The van der Waals surface area contributed by atoms with Gasteiger partial charge < -0.3 is 5.32 Å². The van der Waals surface area contributed by atoms with Crippen LogP contribution in [0, 0.1) is 5.92 Å². The lowest BCUT2D eigenvalue weighted by atomic mass is 9.86. The van der Waals surface area contributed by atoms with E-state index in [-0.39, 0.29) is 0 Å². The molecule has 1 aliphatic rings. The molecule has 0 spiro atoms. The van der Waals surface area contributed by atoms with E-state index >= 15 is 0 Å². The molecule has 1 aliphatic heterocycles. The van der Waals surface area contributed by atoms with E-state index in [9.17, 15) is 0 Å². The molecular formula is C16H34N2S. The molecule has 1 saturated heterocycles. The lowest BCUT2D eigenvalue weighted by Gasteiger charge is -2.50. The van der Waals surface area contributed by atoms with Gasteiger partial charge in [-0.05, 0) is 30.9 Å². The summed E-state index contributed by atoms with van der Waals surface area (Å²) < 4.78 is 0. The third kappa shape index (κ3) is 4.95. The Kier molecular flexibility index (Phi) is 7.78. The van der Waals surface area contributed by atoms with Crippen molar-refractivity contribution in [2.24, 2.45) is 5.92 Å². The molecule has 114 valence electrons. The number of nitrogens with zero attached hydrogens (tertiary/aromatic N) is 1. The van der Waals surface area contributed by atoms with Gasteiger partial charge in [-0.25, -0.2) is 0 Å². The Morgan fingerprint density at radius 3 is 2.47 bits per heavy atom. The molecule has 1 rings (SSSR count). The molecule has 0 bridgehead atoms. The summed E-state index contributed by atoms with van der Waals surface area (Å²) in [6, 6.07) is 0.692. The van der Waals surface area contributed by atoms with Crippen LogP contribution in [0.5, 0.6) is 0 Å². The van der Waals surface area contributed by atoms with Crippen LogP contribution in [0.15, 0.2) is 0 Å². The molecule has 1 heterocycles. The van der Waals surface area contributed by atoms with Crippen LogP contribution in [0.1, 0.15) is 53.9 Å². The highest BCUT2D eigenvalue weighted by Crippen LogP contribution is 2.28. The van der Waals surface area contributed by atoms with E-state index in [2.05, 4.69) is 56.6 Å². The zero-order valence-corrected chi connectivity index (χ0v) is 14.5. The summed E-state index contributed by atoms with van der Waals surface area (Å²) in [7, 11) is 0. The number of thioether (sulfide) groups is 1. The van der Waals surface area contributed by atoms with Crippen molar-refractivity contribution in [2.75, 3.05) is 31.1 Å². The van der Waals surface area contributed by atoms with Gasteiger partial charge >= 0.3 is 0 Å². The van der Waals surface area contributed by atoms with Gasteiger partial charge in [0.2, 0.25) is 0 Å². The summed E-state index contributed by atoms with van der Waals surface area (Å²) in [5.41, 5.74) is 0.405. The summed E-state index contributed by atoms with van der Waals surface area (Å²) >= 11 is 2.08. The first kappa shape index (κ1) is 17.3. The van der Waals surface area contributed by atoms with E-state index < -0.39 is 0 Å². The van der Waals surface area contributed by atoms with Crippen LogP contribution in [-0.2, 0) is 0 Å². The average molecular weight is 287 g/mol. The first-order chi connectivity index (χ1) is 9.07. The van der Waals surface area contributed by atoms with E-state index in [0.29, 0.717) is 11.6 Å². The average Bonchev–Trinajstić information content (AvgIpc) is 2.39. The quantitative estimate of drug-likeness (QED) is 0.686. The Balaban J connectivity index is 2.62. The van der Waals surface area contributed by atoms with Gasteiger partial charge in [-0.2, -0.15) is 11.8 Å². The molecule has 1 atom stereocenters. The topological polar surface area (TPSA) is 15.3 Å². The van der Waals surface area contributed by atoms with Crippen LogP contribution in [0.3, 0.4) is 0 Å². The Bertz CT molecular complexity index is 239. The Morgan fingerprint density at radius 2 is 1.95 bits per heavy atom. The highest BCUT2D eigenvalue weighted by molar-refractivity contribution is 7.99. The number of nitrogens with one attached hydrogen (secondary N) is 1. The standard InChI is InChI=1S/C16H34N2S/c1-6-16(7-2)13-17-15(11-14(4)5)12-18(16)9-10-19-8-3/h14-15,17H,6-13H2,1-5H3. The minimum absolute atomic E-state index is 0.405. The van der Waals surface area contributed by atoms with Crippen LogP contribution in [0.4, 0.5) is 0 Å². The number of piperazine rings is 1. The fraction of sp³-hybridized carbons (Fsp3) is 1.00. The maximum absolute atomic E-state index is 3.82. The molecule has 0 aromatic heterocycles. The smallest absolute Gasteiger partial charge is 0.0329 e. The molecule has 0 radical (unpaired) electrons. The normalized spacial score (nSPS) is 24.0. The van der Waals surface area contributed by atoms with Crippen LogP contribution in [-0.4, -0.2) is 47.6 Å². The molecule has 1 fully saturated rings. The third-order valence-electron chi connectivity index (χ3n) is 4.61. The molecule has 1 N–H and O–H groups in total. The van der Waals surface area contributed by atoms with Crippen LogP contribution in [0.25, 0.3) is 0 Å². The van der Waals surface area contributed by atoms with Gasteiger partial charge in [0.1, 0.15) is 0 Å². The number of hydrogen-bond acceptors (Lipinski definition) is 3. The molecule has 1 unspecified atom stereocenters. The number of rotatable bonds is 8. The lowest BCUT2D eigenvalue weighted by Crippen LogP contribution is -2.64. The Hall–Kier alpha value is 0.270. The van der Waals surface area contributed by atoms with Gasteiger partial charge in [0, 0.05) is 37.0 Å². The second kappa shape index (κ2) is 8.53. The van der Waals surface area contributed by atoms with Crippen molar-refractivity contribution in [3.05, 3.63) is 0 Å². The molecule has 19 heavy (non-hydrogen) atoms. The van der Waals surface area contributed by atoms with Gasteiger partial charge in [0.25, 0.3) is 0 Å². The van der Waals surface area contributed by atoms with Gasteiger partial charge in [-0.1, -0.05) is 34.6 Å². The van der Waals surface area contributed by atoms with E-state index in [1.807, 2.05) is 0 Å². The summed E-state index contributed by atoms with van der Waals surface area (Å²) in [5.74, 6) is 3.32. The lowest BCUT2D eigenvalue weighted by molar-refractivity contribution is 0.0333. The Labute approximate surface area is 125 Å². The highest BCUT2D eigenvalue weighted by Gasteiger charge is 2.38. The van der Waals surface area contributed by atoms with E-state index in [4.69, 9.17) is 0 Å². The van der Waals surface area contributed by atoms with Crippen molar-refractivity contribution in [2.45, 2.75) is 65.5 Å². The fourth-order valence-corrected chi connectivity index (χ4v) is 3.93. The molecule has 2 nitrogen and oxygen atoms in total. The summed E-state index contributed by atoms with van der Waals surface area (Å²) in [6.45, 7) is 15.3. The van der Waals surface area contributed by atoms with Crippen molar-refractivity contribution in [3.63, 3.8) is 0 Å². The van der Waals surface area contributed by atoms with Crippen molar-refractivity contribution >= 4 is 11.8 Å². The fourth-order valence-electron chi connectivity index (χ4n) is 3.29. The zero-order valence-electron chi connectivity index (χ0n) is 13.7. The van der Waals surface area contributed by atoms with Gasteiger partial charge in [0.05, 0.1) is 0 Å². The maximum Gasteiger partial charge on any atom is 0.0329 e. The van der Waals surface area contributed by atoms with Crippen molar-refractivity contribution in [1.29, 1.82) is 0 Å². The molecule has 0 aromatic rings. The molecule has 0 aliphatic carbocycles. The third-order valence-corrected chi connectivity index (χ3v) is 5.49. The predicted octanol–water partition coefficient (Wildman–Crippen LogP) is 3.62. The summed E-state index contributed by atoms with van der Waals surface area (Å²) in [6.07, 6.45) is 3.84.